The molecule has 0 aliphatic heterocycles. The van der Waals surface area contributed by atoms with Gasteiger partial charge in [-0.05, 0) is 44.0 Å². The lowest BCUT2D eigenvalue weighted by molar-refractivity contribution is 0.132. The summed E-state index contributed by atoms with van der Waals surface area (Å²) in [6, 6.07) is 6.78. The van der Waals surface area contributed by atoms with Crippen LogP contribution in [-0.2, 0) is 14.8 Å². The lowest BCUT2D eigenvalue weighted by Crippen LogP contribution is -2.21. The first-order chi connectivity index (χ1) is 9.45. The van der Waals surface area contributed by atoms with E-state index >= 15 is 0 Å². The maximum Gasteiger partial charge on any atom is 0.238 e. The van der Waals surface area contributed by atoms with Gasteiger partial charge in [0.05, 0.1) is 4.90 Å². The van der Waals surface area contributed by atoms with Crippen molar-refractivity contribution in [2.24, 2.45) is 5.14 Å². The molecule has 3 N–H and O–H groups in total. The van der Waals surface area contributed by atoms with Crippen molar-refractivity contribution in [3.63, 3.8) is 0 Å². The Kier molecular flexibility index (Phi) is 7.15. The third kappa shape index (κ3) is 6.00. The molecule has 1 aromatic rings. The van der Waals surface area contributed by atoms with Gasteiger partial charge in [-0.15, -0.1) is 0 Å². The van der Waals surface area contributed by atoms with Crippen LogP contribution in [0.2, 0.25) is 0 Å². The van der Waals surface area contributed by atoms with Crippen LogP contribution in [0.1, 0.15) is 38.3 Å². The van der Waals surface area contributed by atoms with Crippen LogP contribution in [0.25, 0.3) is 0 Å². The Morgan fingerprint density at radius 1 is 1.35 bits per heavy atom. The van der Waals surface area contributed by atoms with Crippen LogP contribution in [0.15, 0.2) is 29.2 Å². The SMILES string of the molecule is CCCOCCCNC(C)c1cccc(S(N)(=O)=O)c1. The molecule has 5 nitrogen and oxygen atoms in total. The Bertz CT molecular complexity index is 503. The van der Waals surface area contributed by atoms with E-state index in [9.17, 15) is 8.42 Å². The van der Waals surface area contributed by atoms with E-state index in [0.29, 0.717) is 0 Å². The predicted octanol–water partition coefficient (Wildman–Crippen LogP) is 1.80. The van der Waals surface area contributed by atoms with Gasteiger partial charge in [0.1, 0.15) is 0 Å². The Labute approximate surface area is 121 Å². The summed E-state index contributed by atoms with van der Waals surface area (Å²) in [5.74, 6) is 0. The van der Waals surface area contributed by atoms with Crippen LogP contribution in [0, 0.1) is 0 Å². The molecule has 20 heavy (non-hydrogen) atoms. The molecule has 1 rings (SSSR count). The number of rotatable bonds is 9. The highest BCUT2D eigenvalue weighted by Gasteiger charge is 2.11. The van der Waals surface area contributed by atoms with Crippen molar-refractivity contribution in [2.75, 3.05) is 19.8 Å². The molecule has 0 bridgehead atoms. The minimum Gasteiger partial charge on any atom is -0.381 e. The van der Waals surface area contributed by atoms with E-state index in [0.717, 1.165) is 38.2 Å². The van der Waals surface area contributed by atoms with Gasteiger partial charge in [-0.2, -0.15) is 0 Å². The second-order valence-corrected chi connectivity index (χ2v) is 6.32. The van der Waals surface area contributed by atoms with E-state index < -0.39 is 10.0 Å². The van der Waals surface area contributed by atoms with E-state index in [1.807, 2.05) is 13.0 Å². The fourth-order valence-corrected chi connectivity index (χ4v) is 2.39. The predicted molar refractivity (Wildman–Crippen MR) is 80.0 cm³/mol. The zero-order chi connectivity index (χ0) is 15.0. The normalized spacial score (nSPS) is 13.3. The molecule has 0 aliphatic carbocycles. The molecule has 6 heteroatoms. The Morgan fingerprint density at radius 2 is 2.10 bits per heavy atom. The minimum atomic E-state index is -3.64. The van der Waals surface area contributed by atoms with Crippen molar-refractivity contribution in [1.29, 1.82) is 0 Å². The zero-order valence-electron chi connectivity index (χ0n) is 12.1. The van der Waals surface area contributed by atoms with Gasteiger partial charge < -0.3 is 10.1 Å². The second-order valence-electron chi connectivity index (χ2n) is 4.76. The van der Waals surface area contributed by atoms with E-state index in [4.69, 9.17) is 9.88 Å². The summed E-state index contributed by atoms with van der Waals surface area (Å²) in [6.07, 6.45) is 1.96. The highest BCUT2D eigenvalue weighted by Crippen LogP contribution is 2.16. The number of ether oxygens (including phenoxy) is 1. The first kappa shape index (κ1) is 17.1. The van der Waals surface area contributed by atoms with Gasteiger partial charge in [0.25, 0.3) is 0 Å². The molecule has 0 spiro atoms. The molecular formula is C14H24N2O3S. The summed E-state index contributed by atoms with van der Waals surface area (Å²) in [5, 5.41) is 8.47. The van der Waals surface area contributed by atoms with Crippen molar-refractivity contribution in [3.05, 3.63) is 29.8 Å². The number of nitrogens with one attached hydrogen (secondary N) is 1. The third-order valence-electron chi connectivity index (χ3n) is 2.95. The molecule has 0 aliphatic rings. The summed E-state index contributed by atoms with van der Waals surface area (Å²) >= 11 is 0. The number of hydrogen-bond acceptors (Lipinski definition) is 4. The fourth-order valence-electron chi connectivity index (χ4n) is 1.82. The molecule has 1 atom stereocenters. The molecule has 0 saturated heterocycles. The van der Waals surface area contributed by atoms with Crippen molar-refractivity contribution in [2.45, 2.75) is 37.6 Å². The van der Waals surface area contributed by atoms with Crippen LogP contribution in [0.3, 0.4) is 0 Å². The Balaban J connectivity index is 2.45. The van der Waals surface area contributed by atoms with E-state index in [1.54, 1.807) is 12.1 Å². The molecule has 0 heterocycles. The van der Waals surface area contributed by atoms with Gasteiger partial charge in [0.15, 0.2) is 0 Å². The highest BCUT2D eigenvalue weighted by molar-refractivity contribution is 7.89. The van der Waals surface area contributed by atoms with E-state index in [2.05, 4.69) is 12.2 Å². The summed E-state index contributed by atoms with van der Waals surface area (Å²) in [5.41, 5.74) is 0.908. The third-order valence-corrected chi connectivity index (χ3v) is 3.86. The molecule has 0 radical (unpaired) electrons. The van der Waals surface area contributed by atoms with Gasteiger partial charge in [-0.25, -0.2) is 13.6 Å². The minimum absolute atomic E-state index is 0.0721. The number of nitrogens with two attached hydrogens (primary N) is 1. The first-order valence-corrected chi connectivity index (χ1v) is 8.43. The summed E-state index contributed by atoms with van der Waals surface area (Å²) < 4.78 is 28.0. The molecule has 1 aromatic carbocycles. The summed E-state index contributed by atoms with van der Waals surface area (Å²) in [7, 11) is -3.64. The average molecular weight is 300 g/mol. The Hall–Kier alpha value is -0.950. The largest absolute Gasteiger partial charge is 0.381 e. The quantitative estimate of drug-likeness (QED) is 0.681. The van der Waals surface area contributed by atoms with Crippen LogP contribution >= 0.6 is 0 Å². The van der Waals surface area contributed by atoms with Gasteiger partial charge in [-0.3, -0.25) is 0 Å². The smallest absolute Gasteiger partial charge is 0.238 e. The van der Waals surface area contributed by atoms with Crippen molar-refractivity contribution in [1.82, 2.24) is 5.32 Å². The van der Waals surface area contributed by atoms with Gasteiger partial charge >= 0.3 is 0 Å². The van der Waals surface area contributed by atoms with Crippen molar-refractivity contribution < 1.29 is 13.2 Å². The molecule has 0 fully saturated rings. The van der Waals surface area contributed by atoms with Gasteiger partial charge in [0.2, 0.25) is 10.0 Å². The number of primary sulfonamides is 1. The van der Waals surface area contributed by atoms with Crippen LogP contribution < -0.4 is 10.5 Å². The molecule has 114 valence electrons. The van der Waals surface area contributed by atoms with Crippen LogP contribution in [0.5, 0.6) is 0 Å². The fraction of sp³-hybridized carbons (Fsp3) is 0.571. The monoisotopic (exact) mass is 300 g/mol. The molecular weight excluding hydrogens is 276 g/mol. The maximum atomic E-state index is 11.3. The number of hydrogen-bond donors (Lipinski definition) is 2. The lowest BCUT2D eigenvalue weighted by atomic mass is 10.1. The summed E-state index contributed by atoms with van der Waals surface area (Å²) in [4.78, 5) is 0.148. The number of sulfonamides is 1. The molecule has 0 saturated carbocycles. The van der Waals surface area contributed by atoms with Crippen molar-refractivity contribution >= 4 is 10.0 Å². The topological polar surface area (TPSA) is 81.4 Å². The lowest BCUT2D eigenvalue weighted by Gasteiger charge is -2.15. The highest BCUT2D eigenvalue weighted by atomic mass is 32.2. The molecule has 1 unspecified atom stereocenters. The molecule has 0 aromatic heterocycles. The second kappa shape index (κ2) is 8.36. The summed E-state index contributed by atoms with van der Waals surface area (Å²) in [6.45, 7) is 6.44. The first-order valence-electron chi connectivity index (χ1n) is 6.89. The van der Waals surface area contributed by atoms with E-state index in [-0.39, 0.29) is 10.9 Å². The zero-order valence-corrected chi connectivity index (χ0v) is 12.9. The molecule has 0 amide bonds. The maximum absolute atomic E-state index is 11.3. The van der Waals surface area contributed by atoms with Crippen LogP contribution in [-0.4, -0.2) is 28.2 Å². The van der Waals surface area contributed by atoms with Crippen molar-refractivity contribution in [3.8, 4) is 0 Å². The van der Waals surface area contributed by atoms with Gasteiger partial charge in [0, 0.05) is 19.3 Å². The average Bonchev–Trinajstić information content (AvgIpc) is 2.41. The van der Waals surface area contributed by atoms with E-state index in [1.165, 1.54) is 6.07 Å². The standard InChI is InChI=1S/C14H24N2O3S/c1-3-9-19-10-5-8-16-12(2)13-6-4-7-14(11-13)20(15,17)18/h4,6-7,11-12,16H,3,5,8-10H2,1-2H3,(H2,15,17,18). The van der Waals surface area contributed by atoms with Crippen LogP contribution in [0.4, 0.5) is 0 Å². The Morgan fingerprint density at radius 3 is 2.75 bits per heavy atom. The van der Waals surface area contributed by atoms with Gasteiger partial charge in [-0.1, -0.05) is 19.1 Å². The number of benzene rings is 1.